The zero-order chi connectivity index (χ0) is 19.5. The van der Waals surface area contributed by atoms with Crippen molar-refractivity contribution < 1.29 is 19.1 Å². The summed E-state index contributed by atoms with van der Waals surface area (Å²) in [5.41, 5.74) is 1.58. The van der Waals surface area contributed by atoms with Gasteiger partial charge in [0.2, 0.25) is 11.8 Å². The quantitative estimate of drug-likeness (QED) is 0.773. The number of likely N-dealkylation sites (N-methyl/N-ethyl adjacent to an activating group) is 1. The Morgan fingerprint density at radius 1 is 1.23 bits per heavy atom. The van der Waals surface area contributed by atoms with Gasteiger partial charge in [-0.05, 0) is 38.3 Å². The summed E-state index contributed by atoms with van der Waals surface area (Å²) < 4.78 is 5.27. The predicted octanol–water partition coefficient (Wildman–Crippen LogP) is 2.32. The Morgan fingerprint density at radius 3 is 2.50 bits per heavy atom. The van der Waals surface area contributed by atoms with Gasteiger partial charge in [0.1, 0.15) is 12.1 Å². The number of carbonyl (C=O) groups is 3. The van der Waals surface area contributed by atoms with Gasteiger partial charge in [0.15, 0.2) is 0 Å². The van der Waals surface area contributed by atoms with Gasteiger partial charge in [0.05, 0.1) is 12.5 Å². The molecule has 1 unspecified atom stereocenters. The highest BCUT2D eigenvalue weighted by molar-refractivity contribution is 5.83. The zero-order valence-corrected chi connectivity index (χ0v) is 16.2. The molecule has 6 heteroatoms. The molecule has 1 aliphatic rings. The molecule has 0 aromatic heterocycles. The summed E-state index contributed by atoms with van der Waals surface area (Å²) in [6.45, 7) is 7.38. The van der Waals surface area contributed by atoms with Gasteiger partial charge in [-0.15, -0.1) is 0 Å². The third-order valence-corrected chi connectivity index (χ3v) is 4.40. The first-order valence-corrected chi connectivity index (χ1v) is 8.89. The molecule has 1 aromatic carbocycles. The number of rotatable bonds is 4. The van der Waals surface area contributed by atoms with Crippen LogP contribution in [-0.4, -0.2) is 53.3 Å². The van der Waals surface area contributed by atoms with Crippen molar-refractivity contribution in [1.29, 1.82) is 0 Å². The summed E-state index contributed by atoms with van der Waals surface area (Å²) in [7, 11) is 1.58. The maximum Gasteiger partial charge on any atom is 0.326 e. The molecule has 6 nitrogen and oxygen atoms in total. The van der Waals surface area contributed by atoms with E-state index in [1.54, 1.807) is 32.7 Å². The summed E-state index contributed by atoms with van der Waals surface area (Å²) in [6, 6.07) is 7.59. The molecule has 1 atom stereocenters. The van der Waals surface area contributed by atoms with Gasteiger partial charge < -0.3 is 14.5 Å². The second-order valence-corrected chi connectivity index (χ2v) is 7.72. The number of ether oxygens (including phenoxy) is 1. The number of carbonyl (C=O) groups excluding carboxylic acids is 3. The van der Waals surface area contributed by atoms with Crippen LogP contribution in [0.5, 0.6) is 0 Å². The number of hydrogen-bond donors (Lipinski definition) is 0. The topological polar surface area (TPSA) is 66.9 Å². The van der Waals surface area contributed by atoms with Crippen LogP contribution in [0.25, 0.3) is 0 Å². The molecule has 0 spiro atoms. The molecule has 1 aromatic rings. The highest BCUT2D eigenvalue weighted by Gasteiger charge is 2.32. The molecule has 0 N–H and O–H groups in total. The van der Waals surface area contributed by atoms with E-state index in [2.05, 4.69) is 0 Å². The van der Waals surface area contributed by atoms with Crippen LogP contribution in [0.1, 0.15) is 51.3 Å². The van der Waals surface area contributed by atoms with Gasteiger partial charge in [0, 0.05) is 20.5 Å². The highest BCUT2D eigenvalue weighted by Crippen LogP contribution is 2.32. The SMILES string of the molecule is CC(=O)N1CCc2ccccc2C1CC(=O)N(C)CC(=O)OC(C)(C)C. The molecule has 1 heterocycles. The summed E-state index contributed by atoms with van der Waals surface area (Å²) in [6.07, 6.45) is 0.935. The average molecular weight is 360 g/mol. The van der Waals surface area contributed by atoms with E-state index in [1.165, 1.54) is 11.8 Å². The first-order chi connectivity index (χ1) is 12.1. The molecule has 26 heavy (non-hydrogen) atoms. The summed E-state index contributed by atoms with van der Waals surface area (Å²) in [5.74, 6) is -0.684. The van der Waals surface area contributed by atoms with E-state index in [1.807, 2.05) is 24.3 Å². The van der Waals surface area contributed by atoms with Crippen molar-refractivity contribution >= 4 is 17.8 Å². The van der Waals surface area contributed by atoms with Gasteiger partial charge in [-0.1, -0.05) is 24.3 Å². The van der Waals surface area contributed by atoms with E-state index in [-0.39, 0.29) is 30.8 Å². The molecule has 0 bridgehead atoms. The van der Waals surface area contributed by atoms with Crippen LogP contribution < -0.4 is 0 Å². The first kappa shape index (κ1) is 19.9. The highest BCUT2D eigenvalue weighted by atomic mass is 16.6. The van der Waals surface area contributed by atoms with Gasteiger partial charge in [-0.2, -0.15) is 0 Å². The van der Waals surface area contributed by atoms with Crippen molar-refractivity contribution in [1.82, 2.24) is 9.80 Å². The number of benzene rings is 1. The minimum absolute atomic E-state index is 0.0490. The first-order valence-electron chi connectivity index (χ1n) is 8.89. The van der Waals surface area contributed by atoms with Gasteiger partial charge in [-0.25, -0.2) is 0 Å². The van der Waals surface area contributed by atoms with Crippen LogP contribution in [0.15, 0.2) is 24.3 Å². The Hall–Kier alpha value is -2.37. The van der Waals surface area contributed by atoms with Crippen LogP contribution in [0.4, 0.5) is 0 Å². The number of hydrogen-bond acceptors (Lipinski definition) is 4. The van der Waals surface area contributed by atoms with Crippen molar-refractivity contribution in [3.05, 3.63) is 35.4 Å². The third-order valence-electron chi connectivity index (χ3n) is 4.40. The molecule has 2 amide bonds. The van der Waals surface area contributed by atoms with Crippen LogP contribution in [0, 0.1) is 0 Å². The maximum absolute atomic E-state index is 12.7. The van der Waals surface area contributed by atoms with Gasteiger partial charge in [-0.3, -0.25) is 14.4 Å². The third kappa shape index (κ3) is 5.07. The lowest BCUT2D eigenvalue weighted by atomic mass is 9.90. The molecule has 0 fully saturated rings. The average Bonchev–Trinajstić information content (AvgIpc) is 2.52. The fraction of sp³-hybridized carbons (Fsp3) is 0.550. The minimum atomic E-state index is -0.589. The van der Waals surface area contributed by atoms with Gasteiger partial charge >= 0.3 is 5.97 Å². The monoisotopic (exact) mass is 360 g/mol. The molecular weight excluding hydrogens is 332 g/mol. The normalized spacial score (nSPS) is 16.7. The minimum Gasteiger partial charge on any atom is -0.459 e. The number of nitrogens with zero attached hydrogens (tertiary/aromatic N) is 2. The van der Waals surface area contributed by atoms with Crippen LogP contribution in [-0.2, 0) is 25.5 Å². The molecule has 0 aliphatic carbocycles. The van der Waals surface area contributed by atoms with Crippen molar-refractivity contribution in [3.8, 4) is 0 Å². The summed E-state index contributed by atoms with van der Waals surface area (Å²) in [4.78, 5) is 39.8. The largest absolute Gasteiger partial charge is 0.459 e. The molecule has 142 valence electrons. The standard InChI is InChI=1S/C20H28N2O4/c1-14(23)22-11-10-15-8-6-7-9-16(15)17(22)12-18(24)21(5)13-19(25)26-20(2,3)4/h6-9,17H,10-13H2,1-5H3. The van der Waals surface area contributed by atoms with Crippen molar-refractivity contribution in [2.75, 3.05) is 20.1 Å². The van der Waals surface area contributed by atoms with Crippen LogP contribution in [0.2, 0.25) is 0 Å². The fourth-order valence-electron chi connectivity index (χ4n) is 3.23. The molecule has 2 rings (SSSR count). The van der Waals surface area contributed by atoms with Crippen molar-refractivity contribution in [2.45, 2.75) is 52.2 Å². The Balaban J connectivity index is 2.10. The van der Waals surface area contributed by atoms with Crippen molar-refractivity contribution in [2.24, 2.45) is 0 Å². The van der Waals surface area contributed by atoms with Crippen LogP contribution in [0.3, 0.4) is 0 Å². The summed E-state index contributed by atoms with van der Waals surface area (Å²) in [5, 5.41) is 0. The second kappa shape index (κ2) is 7.89. The Kier molecular flexibility index (Phi) is 6.05. The molecule has 0 saturated carbocycles. The maximum atomic E-state index is 12.7. The van der Waals surface area contributed by atoms with E-state index in [0.717, 1.165) is 17.5 Å². The number of esters is 1. The Labute approximate surface area is 155 Å². The molecule has 1 aliphatic heterocycles. The lowest BCUT2D eigenvalue weighted by molar-refractivity contribution is -0.158. The van der Waals surface area contributed by atoms with E-state index in [0.29, 0.717) is 6.54 Å². The van der Waals surface area contributed by atoms with Crippen LogP contribution >= 0.6 is 0 Å². The smallest absolute Gasteiger partial charge is 0.326 e. The lowest BCUT2D eigenvalue weighted by Gasteiger charge is -2.37. The summed E-state index contributed by atoms with van der Waals surface area (Å²) >= 11 is 0. The van der Waals surface area contributed by atoms with E-state index < -0.39 is 11.6 Å². The van der Waals surface area contributed by atoms with Crippen molar-refractivity contribution in [3.63, 3.8) is 0 Å². The van der Waals surface area contributed by atoms with E-state index >= 15 is 0 Å². The number of fused-ring (bicyclic) bond motifs is 1. The Bertz CT molecular complexity index is 693. The molecule has 0 saturated heterocycles. The lowest BCUT2D eigenvalue weighted by Crippen LogP contribution is -2.42. The van der Waals surface area contributed by atoms with E-state index in [4.69, 9.17) is 4.74 Å². The number of amides is 2. The fourth-order valence-corrected chi connectivity index (χ4v) is 3.23. The Morgan fingerprint density at radius 2 is 1.88 bits per heavy atom. The predicted molar refractivity (Wildman–Crippen MR) is 98.4 cm³/mol. The zero-order valence-electron chi connectivity index (χ0n) is 16.2. The molecular formula is C20H28N2O4. The van der Waals surface area contributed by atoms with E-state index in [9.17, 15) is 14.4 Å². The molecule has 0 radical (unpaired) electrons. The van der Waals surface area contributed by atoms with Gasteiger partial charge in [0.25, 0.3) is 0 Å². The second-order valence-electron chi connectivity index (χ2n) is 7.72.